The molecule has 60 valence electrons. The van der Waals surface area contributed by atoms with E-state index in [2.05, 4.69) is 26.5 Å². The van der Waals surface area contributed by atoms with Crippen LogP contribution in [0.4, 0.5) is 0 Å². The van der Waals surface area contributed by atoms with Gasteiger partial charge in [-0.1, -0.05) is 13.8 Å². The lowest BCUT2D eigenvalue weighted by Crippen LogP contribution is -2.37. The van der Waals surface area contributed by atoms with Gasteiger partial charge in [0.15, 0.2) is 0 Å². The maximum Gasteiger partial charge on any atom is 0.0684 e. The third-order valence-corrected chi connectivity index (χ3v) is 3.41. The molecule has 0 spiro atoms. The van der Waals surface area contributed by atoms with Gasteiger partial charge in [-0.05, 0) is 24.7 Å². The van der Waals surface area contributed by atoms with Crippen LogP contribution >= 0.6 is 12.6 Å². The minimum Gasteiger partial charge on any atom is -0.392 e. The summed E-state index contributed by atoms with van der Waals surface area (Å²) in [5.74, 6) is 1.02. The highest BCUT2D eigenvalue weighted by atomic mass is 32.1. The van der Waals surface area contributed by atoms with Gasteiger partial charge in [0.1, 0.15) is 0 Å². The second kappa shape index (κ2) is 3.14. The van der Waals surface area contributed by atoms with Gasteiger partial charge < -0.3 is 5.11 Å². The molecule has 2 heteroatoms. The van der Waals surface area contributed by atoms with Crippen LogP contribution in [0.25, 0.3) is 0 Å². The monoisotopic (exact) mass is 160 g/mol. The summed E-state index contributed by atoms with van der Waals surface area (Å²) in [6.07, 6.45) is 2.18. The Hall–Kier alpha value is 0.310. The predicted octanol–water partition coefficient (Wildman–Crippen LogP) is 1.71. The molecule has 4 atom stereocenters. The fourth-order valence-electron chi connectivity index (χ4n) is 1.54. The lowest BCUT2D eigenvalue weighted by molar-refractivity contribution is 0.0656. The zero-order chi connectivity index (χ0) is 7.72. The van der Waals surface area contributed by atoms with Gasteiger partial charge in [-0.15, -0.1) is 0 Å². The van der Waals surface area contributed by atoms with Crippen molar-refractivity contribution in [3.05, 3.63) is 0 Å². The Bertz CT molecular complexity index is 102. The first-order chi connectivity index (χ1) is 4.63. The molecule has 1 aliphatic carbocycles. The molecule has 0 amide bonds. The molecule has 1 N–H and O–H groups in total. The van der Waals surface area contributed by atoms with E-state index in [1.807, 2.05) is 0 Å². The molecule has 0 aromatic heterocycles. The molecule has 1 nitrogen and oxygen atoms in total. The average Bonchev–Trinajstić information content (AvgIpc) is 1.93. The van der Waals surface area contributed by atoms with Gasteiger partial charge in [-0.2, -0.15) is 12.6 Å². The zero-order valence-electron chi connectivity index (χ0n) is 6.62. The first-order valence-electron chi connectivity index (χ1n) is 3.99. The molecule has 0 radical (unpaired) electrons. The highest BCUT2D eigenvalue weighted by Gasteiger charge is 2.31. The summed E-state index contributed by atoms with van der Waals surface area (Å²) in [5.41, 5.74) is 0. The van der Waals surface area contributed by atoms with Gasteiger partial charge in [0.05, 0.1) is 6.10 Å². The van der Waals surface area contributed by atoms with Crippen molar-refractivity contribution in [2.75, 3.05) is 0 Å². The molecule has 1 fully saturated rings. The van der Waals surface area contributed by atoms with Crippen LogP contribution in [0.3, 0.4) is 0 Å². The van der Waals surface area contributed by atoms with Crippen molar-refractivity contribution in [3.63, 3.8) is 0 Å². The summed E-state index contributed by atoms with van der Waals surface area (Å²) in [5, 5.41) is 9.74. The third kappa shape index (κ3) is 1.48. The van der Waals surface area contributed by atoms with Crippen LogP contribution in [0.1, 0.15) is 26.7 Å². The average molecular weight is 160 g/mol. The summed E-state index contributed by atoms with van der Waals surface area (Å²) in [6.45, 7) is 4.26. The molecule has 1 rings (SSSR count). The van der Waals surface area contributed by atoms with Crippen molar-refractivity contribution in [1.29, 1.82) is 0 Å². The molecule has 0 bridgehead atoms. The second-order valence-electron chi connectivity index (χ2n) is 3.51. The number of rotatable bonds is 0. The number of hydrogen-bond acceptors (Lipinski definition) is 2. The maximum atomic E-state index is 9.54. The van der Waals surface area contributed by atoms with Crippen LogP contribution in [0.5, 0.6) is 0 Å². The van der Waals surface area contributed by atoms with Crippen LogP contribution in [0.2, 0.25) is 0 Å². The normalized spacial score (nSPS) is 49.2. The topological polar surface area (TPSA) is 20.2 Å². The summed E-state index contributed by atoms with van der Waals surface area (Å²) < 4.78 is 0. The summed E-state index contributed by atoms with van der Waals surface area (Å²) >= 11 is 4.36. The van der Waals surface area contributed by atoms with E-state index in [0.29, 0.717) is 11.8 Å². The zero-order valence-corrected chi connectivity index (χ0v) is 7.51. The largest absolute Gasteiger partial charge is 0.392 e. The van der Waals surface area contributed by atoms with E-state index in [9.17, 15) is 5.11 Å². The third-order valence-electron chi connectivity index (χ3n) is 2.59. The van der Waals surface area contributed by atoms with Crippen LogP contribution in [-0.2, 0) is 0 Å². The maximum absolute atomic E-state index is 9.54. The SMILES string of the molecule is CC1CCC(C)C(S)C1O. The molecule has 1 aliphatic rings. The second-order valence-corrected chi connectivity index (χ2v) is 4.11. The first kappa shape index (κ1) is 8.41. The van der Waals surface area contributed by atoms with Crippen molar-refractivity contribution in [2.45, 2.75) is 38.0 Å². The van der Waals surface area contributed by atoms with E-state index < -0.39 is 0 Å². The summed E-state index contributed by atoms with van der Waals surface area (Å²) in [4.78, 5) is 0. The van der Waals surface area contributed by atoms with Gasteiger partial charge in [0.25, 0.3) is 0 Å². The molecular weight excluding hydrogens is 144 g/mol. The van der Waals surface area contributed by atoms with Crippen LogP contribution < -0.4 is 0 Å². The van der Waals surface area contributed by atoms with Crippen molar-refractivity contribution in [1.82, 2.24) is 0 Å². The Labute approximate surface area is 68.2 Å². The molecule has 4 unspecified atom stereocenters. The Kier molecular flexibility index (Phi) is 2.64. The van der Waals surface area contributed by atoms with E-state index in [-0.39, 0.29) is 11.4 Å². The van der Waals surface area contributed by atoms with Crippen LogP contribution in [0.15, 0.2) is 0 Å². The first-order valence-corrected chi connectivity index (χ1v) is 4.50. The minimum absolute atomic E-state index is 0.188. The molecule has 1 saturated carbocycles. The molecule has 0 aromatic carbocycles. The van der Waals surface area contributed by atoms with Gasteiger partial charge in [-0.3, -0.25) is 0 Å². The number of hydrogen-bond donors (Lipinski definition) is 2. The van der Waals surface area contributed by atoms with Gasteiger partial charge in [0.2, 0.25) is 0 Å². The van der Waals surface area contributed by atoms with E-state index in [1.54, 1.807) is 0 Å². The van der Waals surface area contributed by atoms with E-state index in [1.165, 1.54) is 6.42 Å². The van der Waals surface area contributed by atoms with Crippen molar-refractivity contribution in [3.8, 4) is 0 Å². The standard InChI is InChI=1S/C8H16OS/c1-5-3-4-6(2)8(10)7(5)9/h5-10H,3-4H2,1-2H3. The predicted molar refractivity (Wildman–Crippen MR) is 46.3 cm³/mol. The van der Waals surface area contributed by atoms with Crippen molar-refractivity contribution >= 4 is 12.6 Å². The fraction of sp³-hybridized carbons (Fsp3) is 1.00. The van der Waals surface area contributed by atoms with E-state index >= 15 is 0 Å². The lowest BCUT2D eigenvalue weighted by atomic mass is 9.81. The van der Waals surface area contributed by atoms with Crippen molar-refractivity contribution in [2.24, 2.45) is 11.8 Å². The highest BCUT2D eigenvalue weighted by Crippen LogP contribution is 2.31. The van der Waals surface area contributed by atoms with Gasteiger partial charge in [-0.25, -0.2) is 0 Å². The summed E-state index contributed by atoms with van der Waals surface area (Å²) in [7, 11) is 0. The van der Waals surface area contributed by atoms with E-state index in [4.69, 9.17) is 0 Å². The van der Waals surface area contributed by atoms with Crippen LogP contribution in [0, 0.1) is 11.8 Å². The fourth-order valence-corrected chi connectivity index (χ4v) is 1.98. The molecule has 0 heterocycles. The van der Waals surface area contributed by atoms with Crippen LogP contribution in [-0.4, -0.2) is 16.5 Å². The Balaban J connectivity index is 2.52. The minimum atomic E-state index is -0.188. The number of thiol groups is 1. The quantitative estimate of drug-likeness (QED) is 0.517. The Morgan fingerprint density at radius 1 is 1.20 bits per heavy atom. The number of aliphatic hydroxyl groups excluding tert-OH is 1. The molecule has 10 heavy (non-hydrogen) atoms. The van der Waals surface area contributed by atoms with Gasteiger partial charge in [0, 0.05) is 5.25 Å². The van der Waals surface area contributed by atoms with Gasteiger partial charge >= 0.3 is 0 Å². The molecule has 0 aromatic rings. The van der Waals surface area contributed by atoms with Crippen molar-refractivity contribution < 1.29 is 5.11 Å². The highest BCUT2D eigenvalue weighted by molar-refractivity contribution is 7.81. The summed E-state index contributed by atoms with van der Waals surface area (Å²) in [6, 6.07) is 0. The Morgan fingerprint density at radius 2 is 1.70 bits per heavy atom. The Morgan fingerprint density at radius 3 is 2.20 bits per heavy atom. The van der Waals surface area contributed by atoms with E-state index in [0.717, 1.165) is 6.42 Å². The molecule has 0 aliphatic heterocycles. The smallest absolute Gasteiger partial charge is 0.0684 e. The molecule has 0 saturated heterocycles. The lowest BCUT2D eigenvalue weighted by Gasteiger charge is -2.34. The number of aliphatic hydroxyl groups is 1. The molecular formula is C8H16OS.